The van der Waals surface area contributed by atoms with Crippen molar-refractivity contribution in [3.05, 3.63) is 23.8 Å². The Balaban J connectivity index is 2.07. The van der Waals surface area contributed by atoms with Gasteiger partial charge in [0.25, 0.3) is 11.8 Å². The highest BCUT2D eigenvalue weighted by Gasteiger charge is 2.29. The summed E-state index contributed by atoms with van der Waals surface area (Å²) in [4.78, 5) is 22.9. The molecule has 2 rings (SSSR count). The van der Waals surface area contributed by atoms with E-state index in [2.05, 4.69) is 5.32 Å². The first-order chi connectivity index (χ1) is 10.8. The molecule has 1 saturated heterocycles. The van der Waals surface area contributed by atoms with Crippen molar-refractivity contribution < 1.29 is 27.5 Å². The van der Waals surface area contributed by atoms with E-state index in [4.69, 9.17) is 15.2 Å². The molecule has 1 aliphatic heterocycles. The molecular formula is C14H18N2O6S. The predicted octanol–water partition coefficient (Wildman–Crippen LogP) is -0.524. The molecular weight excluding hydrogens is 324 g/mol. The fraction of sp³-hybridized carbons (Fsp3) is 0.429. The Morgan fingerprint density at radius 2 is 2.09 bits per heavy atom. The van der Waals surface area contributed by atoms with E-state index in [1.807, 2.05) is 0 Å². The summed E-state index contributed by atoms with van der Waals surface area (Å²) in [5.41, 5.74) is 5.31. The number of sulfone groups is 1. The largest absolute Gasteiger partial charge is 0.493 e. The third-order valence-electron chi connectivity index (χ3n) is 3.36. The van der Waals surface area contributed by atoms with Crippen molar-refractivity contribution in [2.75, 3.05) is 25.2 Å². The zero-order valence-corrected chi connectivity index (χ0v) is 13.4. The van der Waals surface area contributed by atoms with Gasteiger partial charge in [-0.1, -0.05) is 0 Å². The molecule has 0 spiro atoms. The van der Waals surface area contributed by atoms with Gasteiger partial charge in [-0.25, -0.2) is 8.42 Å². The topological polar surface area (TPSA) is 125 Å². The monoisotopic (exact) mass is 342 g/mol. The maximum Gasteiger partial charge on any atom is 0.255 e. The Morgan fingerprint density at radius 3 is 2.65 bits per heavy atom. The molecule has 1 fully saturated rings. The van der Waals surface area contributed by atoms with Crippen LogP contribution in [0.4, 0.5) is 0 Å². The molecule has 0 aliphatic carbocycles. The minimum absolute atomic E-state index is 0.0460. The normalized spacial score (nSPS) is 19.1. The number of primary amides is 1. The van der Waals surface area contributed by atoms with Crippen molar-refractivity contribution >= 4 is 21.7 Å². The van der Waals surface area contributed by atoms with Crippen LogP contribution in [0.25, 0.3) is 0 Å². The van der Waals surface area contributed by atoms with Gasteiger partial charge in [-0.3, -0.25) is 9.59 Å². The molecule has 1 aliphatic rings. The number of carbonyl (C=O) groups is 2. The van der Waals surface area contributed by atoms with Crippen LogP contribution in [0.3, 0.4) is 0 Å². The third kappa shape index (κ3) is 4.59. The summed E-state index contributed by atoms with van der Waals surface area (Å²) >= 11 is 0. The molecule has 9 heteroatoms. The zero-order valence-electron chi connectivity index (χ0n) is 12.6. The van der Waals surface area contributed by atoms with E-state index < -0.39 is 21.7 Å². The Kier molecular flexibility index (Phi) is 5.09. The predicted molar refractivity (Wildman–Crippen MR) is 82.2 cm³/mol. The van der Waals surface area contributed by atoms with Crippen LogP contribution in [0.2, 0.25) is 0 Å². The Bertz CT molecular complexity index is 716. The maximum absolute atomic E-state index is 12.2. The van der Waals surface area contributed by atoms with Crippen LogP contribution in [-0.2, 0) is 14.6 Å². The second-order valence-electron chi connectivity index (χ2n) is 5.19. The second kappa shape index (κ2) is 6.86. The quantitative estimate of drug-likeness (QED) is 0.716. The highest BCUT2D eigenvalue weighted by molar-refractivity contribution is 7.91. The van der Waals surface area contributed by atoms with Crippen molar-refractivity contribution in [3.8, 4) is 11.5 Å². The lowest BCUT2D eigenvalue weighted by Crippen LogP contribution is -2.35. The van der Waals surface area contributed by atoms with E-state index in [1.165, 1.54) is 25.3 Å². The van der Waals surface area contributed by atoms with Gasteiger partial charge >= 0.3 is 0 Å². The molecule has 8 nitrogen and oxygen atoms in total. The van der Waals surface area contributed by atoms with Crippen LogP contribution in [0.1, 0.15) is 16.8 Å². The SMILES string of the molecule is COc1cc(C(=O)N[C@H]2CCS(=O)(=O)C2)ccc1OCC(N)=O. The number of methoxy groups -OCH3 is 1. The summed E-state index contributed by atoms with van der Waals surface area (Å²) < 4.78 is 33.1. The van der Waals surface area contributed by atoms with Gasteiger partial charge in [-0.15, -0.1) is 0 Å². The first kappa shape index (κ1) is 17.1. The van der Waals surface area contributed by atoms with Crippen LogP contribution in [0, 0.1) is 0 Å². The number of hydrogen-bond acceptors (Lipinski definition) is 6. The molecule has 126 valence electrons. The van der Waals surface area contributed by atoms with Crippen molar-refractivity contribution in [2.24, 2.45) is 5.73 Å². The van der Waals surface area contributed by atoms with Crippen LogP contribution in [0.15, 0.2) is 18.2 Å². The van der Waals surface area contributed by atoms with Crippen molar-refractivity contribution in [1.82, 2.24) is 5.32 Å². The fourth-order valence-electron chi connectivity index (χ4n) is 2.25. The molecule has 0 unspecified atom stereocenters. The van der Waals surface area contributed by atoms with Crippen LogP contribution in [0.5, 0.6) is 11.5 Å². The van der Waals surface area contributed by atoms with Gasteiger partial charge in [0.15, 0.2) is 27.9 Å². The maximum atomic E-state index is 12.2. The van der Waals surface area contributed by atoms with E-state index in [-0.39, 0.29) is 35.7 Å². The highest BCUT2D eigenvalue weighted by atomic mass is 32.2. The molecule has 0 aromatic heterocycles. The van der Waals surface area contributed by atoms with Gasteiger partial charge in [0, 0.05) is 11.6 Å². The van der Waals surface area contributed by atoms with Gasteiger partial charge in [0.2, 0.25) is 0 Å². The summed E-state index contributed by atoms with van der Waals surface area (Å²) in [5, 5.41) is 2.68. The lowest BCUT2D eigenvalue weighted by Gasteiger charge is -2.13. The molecule has 1 aromatic carbocycles. The summed E-state index contributed by atoms with van der Waals surface area (Å²) in [6.07, 6.45) is 0.408. The summed E-state index contributed by atoms with van der Waals surface area (Å²) in [6.45, 7) is -0.304. The average molecular weight is 342 g/mol. The molecule has 0 saturated carbocycles. The number of carbonyl (C=O) groups excluding carboxylic acids is 2. The first-order valence-corrected chi connectivity index (χ1v) is 8.73. The smallest absolute Gasteiger partial charge is 0.255 e. The van der Waals surface area contributed by atoms with Gasteiger partial charge in [-0.05, 0) is 24.6 Å². The number of rotatable bonds is 6. The molecule has 0 radical (unpaired) electrons. The standard InChI is InChI=1S/C14H18N2O6S/c1-21-12-6-9(2-3-11(12)22-7-13(15)17)14(18)16-10-4-5-23(19,20)8-10/h2-3,6,10H,4-5,7-8H2,1H3,(H2,15,17)(H,16,18)/t10-/m0/s1. The Morgan fingerprint density at radius 1 is 1.35 bits per heavy atom. The molecule has 3 N–H and O–H groups in total. The second-order valence-corrected chi connectivity index (χ2v) is 7.42. The minimum Gasteiger partial charge on any atom is -0.493 e. The van der Waals surface area contributed by atoms with Crippen LogP contribution >= 0.6 is 0 Å². The van der Waals surface area contributed by atoms with E-state index in [0.29, 0.717) is 12.0 Å². The third-order valence-corrected chi connectivity index (χ3v) is 5.13. The van der Waals surface area contributed by atoms with Crippen molar-refractivity contribution in [1.29, 1.82) is 0 Å². The van der Waals surface area contributed by atoms with Crippen molar-refractivity contribution in [2.45, 2.75) is 12.5 Å². The molecule has 0 bridgehead atoms. The summed E-state index contributed by atoms with van der Waals surface area (Å²) in [6, 6.07) is 4.05. The summed E-state index contributed by atoms with van der Waals surface area (Å²) in [5.74, 6) is -0.427. The Labute approximate surface area is 133 Å². The van der Waals surface area contributed by atoms with Gasteiger partial charge in [0.05, 0.1) is 18.6 Å². The lowest BCUT2D eigenvalue weighted by molar-refractivity contribution is -0.119. The molecule has 1 atom stereocenters. The van der Waals surface area contributed by atoms with E-state index in [0.717, 1.165) is 0 Å². The fourth-order valence-corrected chi connectivity index (χ4v) is 3.93. The number of amides is 2. The van der Waals surface area contributed by atoms with E-state index in [1.54, 1.807) is 0 Å². The van der Waals surface area contributed by atoms with E-state index in [9.17, 15) is 18.0 Å². The van der Waals surface area contributed by atoms with Gasteiger partial charge < -0.3 is 20.5 Å². The molecule has 1 heterocycles. The minimum atomic E-state index is -3.06. The number of nitrogens with one attached hydrogen (secondary N) is 1. The average Bonchev–Trinajstić information content (AvgIpc) is 2.83. The van der Waals surface area contributed by atoms with Crippen molar-refractivity contribution in [3.63, 3.8) is 0 Å². The lowest BCUT2D eigenvalue weighted by atomic mass is 10.1. The van der Waals surface area contributed by atoms with Crippen LogP contribution in [-0.4, -0.2) is 51.5 Å². The number of benzene rings is 1. The molecule has 1 aromatic rings. The highest BCUT2D eigenvalue weighted by Crippen LogP contribution is 2.28. The number of hydrogen-bond donors (Lipinski definition) is 2. The van der Waals surface area contributed by atoms with E-state index >= 15 is 0 Å². The number of ether oxygens (including phenoxy) is 2. The van der Waals surface area contributed by atoms with Gasteiger partial charge in [-0.2, -0.15) is 0 Å². The zero-order chi connectivity index (χ0) is 17.0. The molecule has 2 amide bonds. The number of nitrogens with two attached hydrogens (primary N) is 1. The van der Waals surface area contributed by atoms with Gasteiger partial charge in [0.1, 0.15) is 0 Å². The Hall–Kier alpha value is -2.29. The first-order valence-electron chi connectivity index (χ1n) is 6.91. The molecule has 23 heavy (non-hydrogen) atoms. The van der Waals surface area contributed by atoms with Crippen LogP contribution < -0.4 is 20.5 Å². The summed E-state index contributed by atoms with van der Waals surface area (Å²) in [7, 11) is -1.66.